The second kappa shape index (κ2) is 3.67. The van der Waals surface area contributed by atoms with Crippen molar-refractivity contribution in [2.45, 2.75) is 18.4 Å². The molecule has 17 heavy (non-hydrogen) atoms. The second-order valence-electron chi connectivity index (χ2n) is 4.71. The van der Waals surface area contributed by atoms with Gasteiger partial charge in [0.1, 0.15) is 5.82 Å². The summed E-state index contributed by atoms with van der Waals surface area (Å²) in [4.78, 5) is 0. The Labute approximate surface area is 100 Å². The summed E-state index contributed by atoms with van der Waals surface area (Å²) in [5.74, 6) is -0.186. The van der Waals surface area contributed by atoms with E-state index in [9.17, 15) is 4.39 Å². The lowest BCUT2D eigenvalue weighted by atomic mass is 10.00. The van der Waals surface area contributed by atoms with Gasteiger partial charge in [-0.05, 0) is 30.0 Å². The predicted octanol–water partition coefficient (Wildman–Crippen LogP) is 3.44. The van der Waals surface area contributed by atoms with Crippen molar-refractivity contribution >= 4 is 0 Å². The van der Waals surface area contributed by atoms with E-state index in [1.165, 1.54) is 6.07 Å². The molecular weight excluding hydrogens is 213 g/mol. The van der Waals surface area contributed by atoms with Gasteiger partial charge in [0.15, 0.2) is 0 Å². The van der Waals surface area contributed by atoms with Crippen molar-refractivity contribution in [1.29, 1.82) is 0 Å². The fourth-order valence-electron chi connectivity index (χ4n) is 2.10. The predicted molar refractivity (Wildman–Crippen MR) is 66.9 cm³/mol. The first-order chi connectivity index (χ1) is 8.19. The average molecular weight is 227 g/mol. The van der Waals surface area contributed by atoms with Crippen molar-refractivity contribution in [3.63, 3.8) is 0 Å². The molecule has 3 rings (SSSR count). The summed E-state index contributed by atoms with van der Waals surface area (Å²) in [6.45, 7) is 0. The summed E-state index contributed by atoms with van der Waals surface area (Å²) in [6.07, 6.45) is 2.10. The first kappa shape index (κ1) is 10.5. The van der Waals surface area contributed by atoms with E-state index in [2.05, 4.69) is 0 Å². The Balaban J connectivity index is 1.98. The van der Waals surface area contributed by atoms with Gasteiger partial charge in [0.05, 0.1) is 0 Å². The Morgan fingerprint density at radius 1 is 0.941 bits per heavy atom. The van der Waals surface area contributed by atoms with Gasteiger partial charge in [0, 0.05) is 11.1 Å². The molecule has 0 radical (unpaired) electrons. The van der Waals surface area contributed by atoms with Gasteiger partial charge < -0.3 is 5.73 Å². The molecule has 0 aliphatic heterocycles. The summed E-state index contributed by atoms with van der Waals surface area (Å²) in [6, 6.07) is 14.7. The van der Waals surface area contributed by atoms with Gasteiger partial charge in [0.2, 0.25) is 0 Å². The van der Waals surface area contributed by atoms with E-state index in [0.717, 1.165) is 24.0 Å². The van der Waals surface area contributed by atoms with Crippen LogP contribution >= 0.6 is 0 Å². The van der Waals surface area contributed by atoms with Crippen LogP contribution in [0.25, 0.3) is 11.1 Å². The number of halogens is 1. The Kier molecular flexibility index (Phi) is 2.26. The van der Waals surface area contributed by atoms with Crippen LogP contribution in [0.1, 0.15) is 18.4 Å². The molecule has 0 unspecified atom stereocenters. The SMILES string of the molecule is NC1(c2ccc(-c3ccccc3F)cc2)CC1. The molecule has 1 aliphatic carbocycles. The highest BCUT2D eigenvalue weighted by molar-refractivity contribution is 5.64. The third kappa shape index (κ3) is 1.85. The molecule has 2 heteroatoms. The van der Waals surface area contributed by atoms with Crippen molar-refractivity contribution in [2.24, 2.45) is 5.73 Å². The summed E-state index contributed by atoms with van der Waals surface area (Å²) in [5, 5.41) is 0. The number of nitrogens with two attached hydrogens (primary N) is 1. The standard InChI is InChI=1S/C15H14FN/c16-14-4-2-1-3-13(14)11-5-7-12(8-6-11)15(17)9-10-15/h1-8H,9-10,17H2. The zero-order chi connectivity index (χ0) is 11.9. The molecule has 0 heterocycles. The van der Waals surface area contributed by atoms with E-state index in [-0.39, 0.29) is 11.4 Å². The van der Waals surface area contributed by atoms with Gasteiger partial charge >= 0.3 is 0 Å². The minimum atomic E-state index is -0.186. The van der Waals surface area contributed by atoms with E-state index in [1.807, 2.05) is 30.3 Å². The molecule has 0 atom stereocenters. The monoisotopic (exact) mass is 227 g/mol. The summed E-state index contributed by atoms with van der Waals surface area (Å²) < 4.78 is 13.6. The molecule has 0 spiro atoms. The molecular formula is C15H14FN. The lowest BCUT2D eigenvalue weighted by Crippen LogP contribution is -2.18. The number of hydrogen-bond donors (Lipinski definition) is 1. The second-order valence-corrected chi connectivity index (χ2v) is 4.71. The maximum atomic E-state index is 13.6. The van der Waals surface area contributed by atoms with Gasteiger partial charge in [-0.3, -0.25) is 0 Å². The van der Waals surface area contributed by atoms with Crippen LogP contribution in [0.5, 0.6) is 0 Å². The topological polar surface area (TPSA) is 26.0 Å². The minimum absolute atomic E-state index is 0.117. The molecule has 1 aliphatic rings. The summed E-state index contributed by atoms with van der Waals surface area (Å²) in [7, 11) is 0. The van der Waals surface area contributed by atoms with E-state index in [1.54, 1.807) is 12.1 Å². The molecule has 0 aromatic heterocycles. The van der Waals surface area contributed by atoms with Crippen molar-refractivity contribution < 1.29 is 4.39 Å². The van der Waals surface area contributed by atoms with Crippen LogP contribution in [0.3, 0.4) is 0 Å². The van der Waals surface area contributed by atoms with Gasteiger partial charge in [-0.15, -0.1) is 0 Å². The van der Waals surface area contributed by atoms with Gasteiger partial charge in [-0.1, -0.05) is 42.5 Å². The third-order valence-corrected chi connectivity index (χ3v) is 3.43. The maximum Gasteiger partial charge on any atom is 0.131 e. The van der Waals surface area contributed by atoms with Crippen LogP contribution in [0.2, 0.25) is 0 Å². The lowest BCUT2D eigenvalue weighted by Gasteiger charge is -2.10. The zero-order valence-electron chi connectivity index (χ0n) is 9.49. The van der Waals surface area contributed by atoms with Crippen molar-refractivity contribution in [3.8, 4) is 11.1 Å². The van der Waals surface area contributed by atoms with Crippen molar-refractivity contribution in [3.05, 3.63) is 59.9 Å². The normalized spacial score (nSPS) is 16.8. The Hall–Kier alpha value is -1.67. The highest BCUT2D eigenvalue weighted by atomic mass is 19.1. The first-order valence-electron chi connectivity index (χ1n) is 5.83. The molecule has 2 aromatic carbocycles. The molecule has 2 N–H and O–H groups in total. The van der Waals surface area contributed by atoms with Crippen LogP contribution in [0.4, 0.5) is 4.39 Å². The Morgan fingerprint density at radius 3 is 2.18 bits per heavy atom. The molecule has 0 saturated heterocycles. The minimum Gasteiger partial charge on any atom is -0.321 e. The summed E-state index contributed by atoms with van der Waals surface area (Å²) >= 11 is 0. The number of benzene rings is 2. The van der Waals surface area contributed by atoms with E-state index in [4.69, 9.17) is 5.73 Å². The molecule has 2 aromatic rings. The van der Waals surface area contributed by atoms with Crippen molar-refractivity contribution in [1.82, 2.24) is 0 Å². The maximum absolute atomic E-state index is 13.6. The molecule has 1 nitrogen and oxygen atoms in total. The van der Waals surface area contributed by atoms with Gasteiger partial charge in [0.25, 0.3) is 0 Å². The Bertz CT molecular complexity index is 541. The average Bonchev–Trinajstić information content (AvgIpc) is 3.10. The van der Waals surface area contributed by atoms with Gasteiger partial charge in [-0.25, -0.2) is 4.39 Å². The highest BCUT2D eigenvalue weighted by Gasteiger charge is 2.39. The highest BCUT2D eigenvalue weighted by Crippen LogP contribution is 2.42. The first-order valence-corrected chi connectivity index (χ1v) is 5.83. The largest absolute Gasteiger partial charge is 0.321 e. The molecule has 1 fully saturated rings. The van der Waals surface area contributed by atoms with Crippen LogP contribution in [-0.2, 0) is 5.54 Å². The van der Waals surface area contributed by atoms with Crippen LogP contribution in [-0.4, -0.2) is 0 Å². The number of hydrogen-bond acceptors (Lipinski definition) is 1. The quantitative estimate of drug-likeness (QED) is 0.835. The molecule has 0 bridgehead atoms. The zero-order valence-corrected chi connectivity index (χ0v) is 9.49. The van der Waals surface area contributed by atoms with Crippen LogP contribution in [0, 0.1) is 5.82 Å². The lowest BCUT2D eigenvalue weighted by molar-refractivity contribution is 0.631. The Morgan fingerprint density at radius 2 is 1.59 bits per heavy atom. The fraction of sp³-hybridized carbons (Fsp3) is 0.200. The van der Waals surface area contributed by atoms with E-state index < -0.39 is 0 Å². The van der Waals surface area contributed by atoms with Gasteiger partial charge in [-0.2, -0.15) is 0 Å². The van der Waals surface area contributed by atoms with E-state index >= 15 is 0 Å². The molecule has 0 amide bonds. The van der Waals surface area contributed by atoms with Crippen LogP contribution < -0.4 is 5.73 Å². The van der Waals surface area contributed by atoms with E-state index in [0.29, 0.717) is 5.56 Å². The van der Waals surface area contributed by atoms with Crippen LogP contribution in [0.15, 0.2) is 48.5 Å². The third-order valence-electron chi connectivity index (χ3n) is 3.43. The fourth-order valence-corrected chi connectivity index (χ4v) is 2.10. The molecule has 86 valence electrons. The van der Waals surface area contributed by atoms with Crippen molar-refractivity contribution in [2.75, 3.05) is 0 Å². The molecule has 1 saturated carbocycles. The summed E-state index contributed by atoms with van der Waals surface area (Å²) in [5.41, 5.74) is 8.68. The number of rotatable bonds is 2. The smallest absolute Gasteiger partial charge is 0.131 e.